The van der Waals surface area contributed by atoms with Crippen molar-refractivity contribution in [1.82, 2.24) is 5.32 Å². The molecule has 0 bridgehead atoms. The summed E-state index contributed by atoms with van der Waals surface area (Å²) in [4.78, 5) is 11.7. The van der Waals surface area contributed by atoms with Gasteiger partial charge in [-0.3, -0.25) is 4.79 Å². The number of nitrogens with one attached hydrogen (secondary N) is 1. The van der Waals surface area contributed by atoms with Crippen LogP contribution in [0.25, 0.3) is 0 Å². The molecule has 0 aliphatic rings. The second-order valence-corrected chi connectivity index (χ2v) is 3.93. The molecule has 1 aromatic heterocycles. The molecule has 0 radical (unpaired) electrons. The number of carbonyl (C=O) groups excluding carboxylic acids is 1. The molecule has 0 aromatic carbocycles. The van der Waals surface area contributed by atoms with Crippen LogP contribution >= 0.6 is 12.4 Å². The van der Waals surface area contributed by atoms with E-state index in [2.05, 4.69) is 5.32 Å². The van der Waals surface area contributed by atoms with Gasteiger partial charge in [0, 0.05) is 0 Å². The normalized spacial score (nSPS) is 13.7. The highest BCUT2D eigenvalue weighted by Gasteiger charge is 2.26. The summed E-state index contributed by atoms with van der Waals surface area (Å²) in [6.07, 6.45) is 3.15. The molecule has 16 heavy (non-hydrogen) atoms. The van der Waals surface area contributed by atoms with Crippen LogP contribution in [-0.4, -0.2) is 11.4 Å². The third-order valence-corrected chi connectivity index (χ3v) is 2.29. The Morgan fingerprint density at radius 3 is 2.81 bits per heavy atom. The van der Waals surface area contributed by atoms with Gasteiger partial charge in [-0.2, -0.15) is 0 Å². The van der Waals surface area contributed by atoms with Crippen molar-refractivity contribution in [3.63, 3.8) is 0 Å². The molecule has 0 saturated carbocycles. The summed E-state index contributed by atoms with van der Waals surface area (Å²) < 4.78 is 5.10. The summed E-state index contributed by atoms with van der Waals surface area (Å²) >= 11 is 0. The summed E-state index contributed by atoms with van der Waals surface area (Å²) in [5, 5.41) is 2.75. The lowest BCUT2D eigenvalue weighted by atomic mass is 9.96. The van der Waals surface area contributed by atoms with Crippen molar-refractivity contribution in [2.45, 2.75) is 38.8 Å². The molecule has 1 atom stereocenters. The van der Waals surface area contributed by atoms with E-state index in [0.29, 0.717) is 13.0 Å². The van der Waals surface area contributed by atoms with E-state index in [9.17, 15) is 4.79 Å². The largest absolute Gasteiger partial charge is 0.467 e. The van der Waals surface area contributed by atoms with Crippen LogP contribution in [0.5, 0.6) is 0 Å². The van der Waals surface area contributed by atoms with Crippen molar-refractivity contribution in [1.29, 1.82) is 0 Å². The average molecular weight is 247 g/mol. The first-order chi connectivity index (χ1) is 7.06. The van der Waals surface area contributed by atoms with E-state index < -0.39 is 5.54 Å². The van der Waals surface area contributed by atoms with Crippen molar-refractivity contribution < 1.29 is 9.21 Å². The van der Waals surface area contributed by atoms with Gasteiger partial charge in [-0.1, -0.05) is 13.3 Å². The Bertz CT molecular complexity index is 310. The number of halogens is 1. The topological polar surface area (TPSA) is 68.3 Å². The summed E-state index contributed by atoms with van der Waals surface area (Å²) in [7, 11) is 0. The number of rotatable bonds is 5. The van der Waals surface area contributed by atoms with E-state index in [-0.39, 0.29) is 18.3 Å². The van der Waals surface area contributed by atoms with Crippen molar-refractivity contribution in [2.75, 3.05) is 0 Å². The minimum absolute atomic E-state index is 0. The van der Waals surface area contributed by atoms with E-state index in [1.54, 1.807) is 19.3 Å². The van der Waals surface area contributed by atoms with E-state index in [1.165, 1.54) is 0 Å². The second-order valence-electron chi connectivity index (χ2n) is 3.93. The highest BCUT2D eigenvalue weighted by atomic mass is 35.5. The lowest BCUT2D eigenvalue weighted by Gasteiger charge is -2.22. The van der Waals surface area contributed by atoms with Crippen molar-refractivity contribution in [2.24, 2.45) is 5.73 Å². The predicted molar refractivity (Wildman–Crippen MR) is 65.3 cm³/mol. The first kappa shape index (κ1) is 15.0. The van der Waals surface area contributed by atoms with E-state index >= 15 is 0 Å². The minimum atomic E-state index is -0.790. The maximum atomic E-state index is 11.7. The fourth-order valence-corrected chi connectivity index (χ4v) is 1.42. The number of hydrogen-bond donors (Lipinski definition) is 2. The molecule has 92 valence electrons. The molecule has 4 nitrogen and oxygen atoms in total. The number of hydrogen-bond acceptors (Lipinski definition) is 3. The molecule has 0 aliphatic carbocycles. The standard InChI is InChI=1S/C11H18N2O2.ClH/c1-3-6-11(2,12)10(14)13-8-9-5-4-7-15-9;/h4-5,7H,3,6,8,12H2,1-2H3,(H,13,14);1H. The van der Waals surface area contributed by atoms with E-state index in [1.807, 2.05) is 13.0 Å². The Hall–Kier alpha value is -1.00. The summed E-state index contributed by atoms with van der Waals surface area (Å²) in [6, 6.07) is 3.60. The first-order valence-electron chi connectivity index (χ1n) is 5.16. The maximum Gasteiger partial charge on any atom is 0.240 e. The van der Waals surface area contributed by atoms with Gasteiger partial charge in [-0.25, -0.2) is 0 Å². The lowest BCUT2D eigenvalue weighted by molar-refractivity contribution is -0.126. The molecule has 0 aliphatic heterocycles. The van der Waals surface area contributed by atoms with Crippen LogP contribution in [0.3, 0.4) is 0 Å². The molecule has 1 heterocycles. The Morgan fingerprint density at radius 2 is 2.31 bits per heavy atom. The van der Waals surface area contributed by atoms with Gasteiger partial charge in [-0.05, 0) is 25.5 Å². The zero-order valence-electron chi connectivity index (χ0n) is 9.66. The van der Waals surface area contributed by atoms with Gasteiger partial charge in [0.15, 0.2) is 0 Å². The molecule has 1 rings (SSSR count). The van der Waals surface area contributed by atoms with Gasteiger partial charge in [0.2, 0.25) is 5.91 Å². The van der Waals surface area contributed by atoms with Crippen LogP contribution in [0.1, 0.15) is 32.4 Å². The van der Waals surface area contributed by atoms with Gasteiger partial charge >= 0.3 is 0 Å². The zero-order chi connectivity index (χ0) is 11.3. The van der Waals surface area contributed by atoms with Crippen LogP contribution in [0.2, 0.25) is 0 Å². The zero-order valence-corrected chi connectivity index (χ0v) is 10.5. The Morgan fingerprint density at radius 1 is 1.62 bits per heavy atom. The summed E-state index contributed by atoms with van der Waals surface area (Å²) in [5.41, 5.74) is 5.08. The predicted octanol–water partition coefficient (Wildman–Crippen LogP) is 1.84. The van der Waals surface area contributed by atoms with E-state index in [4.69, 9.17) is 10.2 Å². The second kappa shape index (κ2) is 6.55. The Labute approximate surface area is 102 Å². The van der Waals surface area contributed by atoms with Gasteiger partial charge < -0.3 is 15.5 Å². The van der Waals surface area contributed by atoms with Crippen LogP contribution in [-0.2, 0) is 11.3 Å². The number of amides is 1. The molecular formula is C11H19ClN2O2. The van der Waals surface area contributed by atoms with Crippen molar-refractivity contribution >= 4 is 18.3 Å². The van der Waals surface area contributed by atoms with Crippen LogP contribution in [0.15, 0.2) is 22.8 Å². The van der Waals surface area contributed by atoms with Crippen molar-refractivity contribution in [3.05, 3.63) is 24.2 Å². The maximum absolute atomic E-state index is 11.7. The fourth-order valence-electron chi connectivity index (χ4n) is 1.42. The smallest absolute Gasteiger partial charge is 0.240 e. The number of nitrogens with two attached hydrogens (primary N) is 1. The quantitative estimate of drug-likeness (QED) is 0.833. The highest BCUT2D eigenvalue weighted by Crippen LogP contribution is 2.09. The Kier molecular flexibility index (Phi) is 6.14. The lowest BCUT2D eigenvalue weighted by Crippen LogP contribution is -2.51. The molecule has 1 amide bonds. The number of carbonyl (C=O) groups is 1. The molecule has 5 heteroatoms. The minimum Gasteiger partial charge on any atom is -0.467 e. The van der Waals surface area contributed by atoms with Crippen LogP contribution in [0, 0.1) is 0 Å². The van der Waals surface area contributed by atoms with Gasteiger partial charge in [-0.15, -0.1) is 12.4 Å². The third kappa shape index (κ3) is 4.24. The average Bonchev–Trinajstić information content (AvgIpc) is 2.66. The van der Waals surface area contributed by atoms with Gasteiger partial charge in [0.05, 0.1) is 18.3 Å². The van der Waals surface area contributed by atoms with Gasteiger partial charge in [0.1, 0.15) is 5.76 Å². The summed E-state index contributed by atoms with van der Waals surface area (Å²) in [6.45, 7) is 4.14. The fraction of sp³-hybridized carbons (Fsp3) is 0.545. The highest BCUT2D eigenvalue weighted by molar-refractivity contribution is 5.85. The molecule has 1 aromatic rings. The first-order valence-corrected chi connectivity index (χ1v) is 5.16. The van der Waals surface area contributed by atoms with E-state index in [0.717, 1.165) is 12.2 Å². The Balaban J connectivity index is 0.00000225. The molecule has 1 unspecified atom stereocenters. The van der Waals surface area contributed by atoms with Crippen LogP contribution < -0.4 is 11.1 Å². The van der Waals surface area contributed by atoms with Crippen molar-refractivity contribution in [3.8, 4) is 0 Å². The molecule has 0 saturated heterocycles. The molecule has 0 fully saturated rings. The molecular weight excluding hydrogens is 228 g/mol. The molecule has 0 spiro atoms. The summed E-state index contributed by atoms with van der Waals surface area (Å²) in [5.74, 6) is 0.594. The molecule has 3 N–H and O–H groups in total. The monoisotopic (exact) mass is 246 g/mol. The third-order valence-electron chi connectivity index (χ3n) is 2.29. The van der Waals surface area contributed by atoms with Gasteiger partial charge in [0.25, 0.3) is 0 Å². The number of furan rings is 1. The SMILES string of the molecule is CCCC(C)(N)C(=O)NCc1ccco1.Cl. The van der Waals surface area contributed by atoms with Crippen LogP contribution in [0.4, 0.5) is 0 Å².